The van der Waals surface area contributed by atoms with Crippen LogP contribution in [0, 0.1) is 12.7 Å². The highest BCUT2D eigenvalue weighted by atomic mass is 18.2. The van der Waals surface area contributed by atoms with Crippen molar-refractivity contribution < 1.29 is 8.91 Å². The number of hydrogen-bond donors (Lipinski definition) is 0. The van der Waals surface area contributed by atoms with Gasteiger partial charge >= 0.3 is 0 Å². The van der Waals surface area contributed by atoms with Crippen molar-refractivity contribution in [3.05, 3.63) is 57.1 Å². The summed E-state index contributed by atoms with van der Waals surface area (Å²) in [6.07, 6.45) is 5.81. The molecular formula is C23H27FN4O2. The van der Waals surface area contributed by atoms with Gasteiger partial charge in [0.05, 0.1) is 5.69 Å². The molecule has 6 nitrogen and oxygen atoms in total. The van der Waals surface area contributed by atoms with E-state index in [2.05, 4.69) is 10.1 Å². The quantitative estimate of drug-likeness (QED) is 0.659. The van der Waals surface area contributed by atoms with Crippen molar-refractivity contribution in [1.29, 1.82) is 0 Å². The third-order valence-electron chi connectivity index (χ3n) is 6.69. The maximum absolute atomic E-state index is 13.4. The summed E-state index contributed by atoms with van der Waals surface area (Å²) in [7, 11) is 0. The van der Waals surface area contributed by atoms with Crippen LogP contribution in [0.15, 0.2) is 27.5 Å². The standard InChI is InChI=1S/C23H27FN4O2/c1-15-18(23(29)28-10-3-2-4-21(28)25-15)9-13-27-11-7-16(8-12-27)22-19-6-5-17(24)14-20(19)30-26-22/h5-6,14,16H,2-4,7-13H2,1H3/i24-1. The number of hydrogen-bond acceptors (Lipinski definition) is 5. The van der Waals surface area contributed by atoms with E-state index in [1.54, 1.807) is 6.07 Å². The maximum atomic E-state index is 13.4. The molecule has 0 unspecified atom stereocenters. The number of piperidine rings is 1. The van der Waals surface area contributed by atoms with Gasteiger partial charge in [0.2, 0.25) is 0 Å². The van der Waals surface area contributed by atoms with Gasteiger partial charge < -0.3 is 9.42 Å². The summed E-state index contributed by atoms with van der Waals surface area (Å²) in [5.41, 5.74) is 3.38. The molecule has 0 N–H and O–H groups in total. The van der Waals surface area contributed by atoms with Crippen molar-refractivity contribution in [3.8, 4) is 0 Å². The van der Waals surface area contributed by atoms with Crippen molar-refractivity contribution >= 4 is 11.0 Å². The highest BCUT2D eigenvalue weighted by Crippen LogP contribution is 2.32. The molecule has 2 aliphatic rings. The van der Waals surface area contributed by atoms with Gasteiger partial charge in [0.1, 0.15) is 11.6 Å². The Labute approximate surface area is 174 Å². The number of rotatable bonds is 4. The summed E-state index contributed by atoms with van der Waals surface area (Å²) in [4.78, 5) is 20.1. The molecule has 0 amide bonds. The Hall–Kier alpha value is -2.54. The molecule has 158 valence electrons. The minimum absolute atomic E-state index is 0.161. The number of nitrogens with zero attached hydrogens (tertiary/aromatic N) is 4. The topological polar surface area (TPSA) is 64.2 Å². The number of benzene rings is 1. The minimum atomic E-state index is -0.303. The molecule has 2 aromatic heterocycles. The third-order valence-corrected chi connectivity index (χ3v) is 6.69. The smallest absolute Gasteiger partial charge is 0.256 e. The first-order valence-corrected chi connectivity index (χ1v) is 11.0. The first-order valence-electron chi connectivity index (χ1n) is 11.0. The zero-order valence-electron chi connectivity index (χ0n) is 17.4. The second kappa shape index (κ2) is 7.95. The molecule has 1 saturated heterocycles. The van der Waals surface area contributed by atoms with Crippen LogP contribution in [0.2, 0.25) is 0 Å². The zero-order chi connectivity index (χ0) is 20.7. The number of fused-ring (bicyclic) bond motifs is 2. The van der Waals surface area contributed by atoms with Gasteiger partial charge in [0.25, 0.3) is 5.56 Å². The van der Waals surface area contributed by atoms with Gasteiger partial charge in [-0.25, -0.2) is 9.37 Å². The Morgan fingerprint density at radius 2 is 2.03 bits per heavy atom. The van der Waals surface area contributed by atoms with Crippen LogP contribution in [-0.2, 0) is 19.4 Å². The molecule has 3 aromatic rings. The fourth-order valence-corrected chi connectivity index (χ4v) is 4.94. The highest BCUT2D eigenvalue weighted by molar-refractivity contribution is 5.79. The van der Waals surface area contributed by atoms with Gasteiger partial charge in [0, 0.05) is 48.1 Å². The predicted molar refractivity (Wildman–Crippen MR) is 112 cm³/mol. The molecule has 1 fully saturated rings. The van der Waals surface area contributed by atoms with Crippen LogP contribution in [0.4, 0.5) is 4.39 Å². The van der Waals surface area contributed by atoms with E-state index in [4.69, 9.17) is 9.51 Å². The number of likely N-dealkylation sites (tertiary alicyclic amines) is 1. The van der Waals surface area contributed by atoms with E-state index in [1.807, 2.05) is 11.5 Å². The summed E-state index contributed by atoms with van der Waals surface area (Å²) in [5, 5.41) is 5.15. The minimum Gasteiger partial charge on any atom is -0.356 e. The summed E-state index contributed by atoms with van der Waals surface area (Å²) in [6.45, 7) is 5.55. The van der Waals surface area contributed by atoms with Crippen LogP contribution in [0.3, 0.4) is 0 Å². The molecule has 30 heavy (non-hydrogen) atoms. The molecule has 1 aromatic carbocycles. The van der Waals surface area contributed by atoms with E-state index in [1.165, 1.54) is 12.1 Å². The maximum Gasteiger partial charge on any atom is 0.256 e. The molecular weight excluding hydrogens is 382 g/mol. The summed E-state index contributed by atoms with van der Waals surface area (Å²) in [5.74, 6) is 0.974. The average molecular weight is 409 g/mol. The number of aromatic nitrogens is 3. The second-order valence-corrected chi connectivity index (χ2v) is 8.58. The Kier molecular flexibility index (Phi) is 5.15. The van der Waals surface area contributed by atoms with Crippen LogP contribution in [0.1, 0.15) is 54.4 Å². The summed E-state index contributed by atoms with van der Waals surface area (Å²) >= 11 is 0. The van der Waals surface area contributed by atoms with E-state index in [0.29, 0.717) is 11.5 Å². The lowest BCUT2D eigenvalue weighted by Gasteiger charge is -2.31. The van der Waals surface area contributed by atoms with Crippen LogP contribution in [0.25, 0.3) is 11.0 Å². The van der Waals surface area contributed by atoms with Crippen LogP contribution >= 0.6 is 0 Å². The molecule has 0 bridgehead atoms. The van der Waals surface area contributed by atoms with Gasteiger partial charge in [0.15, 0.2) is 5.58 Å². The number of halogens is 1. The van der Waals surface area contributed by atoms with E-state index >= 15 is 0 Å². The first kappa shape index (κ1) is 19.4. The van der Waals surface area contributed by atoms with Crippen molar-refractivity contribution in [3.63, 3.8) is 0 Å². The van der Waals surface area contributed by atoms with Crippen molar-refractivity contribution in [2.45, 2.75) is 57.9 Å². The fourth-order valence-electron chi connectivity index (χ4n) is 4.94. The van der Waals surface area contributed by atoms with Crippen molar-refractivity contribution in [2.75, 3.05) is 19.6 Å². The van der Waals surface area contributed by atoms with Crippen molar-refractivity contribution in [2.24, 2.45) is 0 Å². The van der Waals surface area contributed by atoms with E-state index in [9.17, 15) is 9.18 Å². The average Bonchev–Trinajstić information content (AvgIpc) is 3.17. The molecule has 0 atom stereocenters. The Morgan fingerprint density at radius 3 is 2.87 bits per heavy atom. The third kappa shape index (κ3) is 3.55. The van der Waals surface area contributed by atoms with Crippen LogP contribution in [0.5, 0.6) is 0 Å². The van der Waals surface area contributed by atoms with Gasteiger partial charge in [-0.1, -0.05) is 5.16 Å². The molecule has 0 aliphatic carbocycles. The molecule has 2 aliphatic heterocycles. The first-order chi connectivity index (χ1) is 14.6. The SMILES string of the molecule is Cc1nc2n(c(=O)c1CCN1CCC(c3noc4cc([18F])ccc34)CC1)CCCC2. The highest BCUT2D eigenvalue weighted by Gasteiger charge is 2.25. The Morgan fingerprint density at radius 1 is 1.20 bits per heavy atom. The molecule has 0 radical (unpaired) electrons. The predicted octanol–water partition coefficient (Wildman–Crippen LogP) is 3.59. The fraction of sp³-hybridized carbons (Fsp3) is 0.522. The number of aryl methyl sites for hydroxylation is 2. The largest absolute Gasteiger partial charge is 0.356 e. The molecule has 0 saturated carbocycles. The molecule has 5 rings (SSSR count). The Bertz CT molecular complexity index is 1130. The van der Waals surface area contributed by atoms with Crippen LogP contribution < -0.4 is 5.56 Å². The summed E-state index contributed by atoms with van der Waals surface area (Å²) in [6, 6.07) is 4.63. The van der Waals surface area contributed by atoms with E-state index < -0.39 is 0 Å². The lowest BCUT2D eigenvalue weighted by Crippen LogP contribution is -2.37. The Balaban J connectivity index is 1.23. The monoisotopic (exact) mass is 409 g/mol. The van der Waals surface area contributed by atoms with E-state index in [-0.39, 0.29) is 11.4 Å². The van der Waals surface area contributed by atoms with Gasteiger partial charge in [-0.15, -0.1) is 0 Å². The lowest BCUT2D eigenvalue weighted by molar-refractivity contribution is 0.211. The van der Waals surface area contributed by atoms with Gasteiger partial charge in [-0.2, -0.15) is 0 Å². The molecule has 7 heteroatoms. The van der Waals surface area contributed by atoms with Crippen LogP contribution in [-0.4, -0.2) is 39.2 Å². The molecule has 0 spiro atoms. The zero-order valence-corrected chi connectivity index (χ0v) is 17.4. The molecule has 4 heterocycles. The second-order valence-electron chi connectivity index (χ2n) is 8.58. The van der Waals surface area contributed by atoms with Gasteiger partial charge in [-0.3, -0.25) is 9.36 Å². The van der Waals surface area contributed by atoms with E-state index in [0.717, 1.165) is 92.9 Å². The lowest BCUT2D eigenvalue weighted by atomic mass is 9.91. The summed E-state index contributed by atoms with van der Waals surface area (Å²) < 4.78 is 20.6. The van der Waals surface area contributed by atoms with Gasteiger partial charge in [-0.05, 0) is 64.3 Å². The normalized spacial score (nSPS) is 18.1. The van der Waals surface area contributed by atoms with Crippen molar-refractivity contribution in [1.82, 2.24) is 19.6 Å².